The summed E-state index contributed by atoms with van der Waals surface area (Å²) in [4.78, 5) is 0.737. The van der Waals surface area contributed by atoms with Gasteiger partial charge in [0.2, 0.25) is 4.80 Å². The number of nitrogens with zero attached hydrogens (tertiary/aromatic N) is 2. The van der Waals surface area contributed by atoms with E-state index >= 15 is 0 Å². The first-order valence-corrected chi connectivity index (χ1v) is 4.56. The Kier molecular flexibility index (Phi) is 1.73. The van der Waals surface area contributed by atoms with E-state index in [1.807, 2.05) is 17.7 Å². The van der Waals surface area contributed by atoms with E-state index in [0.29, 0.717) is 0 Å². The lowest BCUT2D eigenvalue weighted by Gasteiger charge is -1.94. The third-order valence-corrected chi connectivity index (χ3v) is 3.01. The average Bonchev–Trinajstić information content (AvgIpc) is 2.42. The lowest BCUT2D eigenvalue weighted by atomic mass is 10.3. The molecule has 0 radical (unpaired) electrons. The molecule has 5 heteroatoms. The molecule has 0 saturated heterocycles. The highest BCUT2D eigenvalue weighted by Gasteiger charge is 2.02. The third kappa shape index (κ3) is 1.17. The molecule has 1 heterocycles. The molecular formula is C8H9N3OS. The molecule has 0 saturated carbocycles. The summed E-state index contributed by atoms with van der Waals surface area (Å²) in [5.41, 5.74) is 1.02. The number of fused-ring (bicyclic) bond motifs is 1. The van der Waals surface area contributed by atoms with Gasteiger partial charge in [-0.3, -0.25) is 0 Å². The quantitative estimate of drug-likeness (QED) is 0.480. The zero-order chi connectivity index (χ0) is 9.42. The summed E-state index contributed by atoms with van der Waals surface area (Å²) < 4.78 is 2.87. The molecule has 0 bridgehead atoms. The van der Waals surface area contributed by atoms with E-state index in [0.717, 1.165) is 15.0 Å². The number of benzene rings is 1. The molecular weight excluding hydrogens is 186 g/mol. The zero-order valence-corrected chi connectivity index (χ0v) is 7.88. The number of nitrogens with two attached hydrogens (primary N) is 1. The number of phenols is 1. The Bertz CT molecular complexity index is 512. The van der Waals surface area contributed by atoms with Crippen LogP contribution in [-0.4, -0.2) is 9.67 Å². The van der Waals surface area contributed by atoms with Gasteiger partial charge in [0.05, 0.1) is 10.2 Å². The molecule has 0 unspecified atom stereocenters. The van der Waals surface area contributed by atoms with Crippen molar-refractivity contribution in [3.8, 4) is 5.75 Å². The van der Waals surface area contributed by atoms with Crippen LogP contribution in [0.15, 0.2) is 23.3 Å². The fourth-order valence-electron chi connectivity index (χ4n) is 1.24. The first-order valence-electron chi connectivity index (χ1n) is 3.75. The van der Waals surface area contributed by atoms with Crippen LogP contribution in [-0.2, 0) is 7.05 Å². The number of phenolic OH excluding ortho intramolecular Hbond substituents is 1. The zero-order valence-electron chi connectivity index (χ0n) is 7.06. The van der Waals surface area contributed by atoms with Gasteiger partial charge in [-0.1, -0.05) is 11.3 Å². The lowest BCUT2D eigenvalue weighted by Crippen LogP contribution is -2.11. The van der Waals surface area contributed by atoms with E-state index in [2.05, 4.69) is 5.10 Å². The van der Waals surface area contributed by atoms with Gasteiger partial charge in [0, 0.05) is 7.05 Å². The summed E-state index contributed by atoms with van der Waals surface area (Å²) in [5, 5.41) is 12.9. The molecule has 68 valence electrons. The Balaban J connectivity index is 2.93. The standard InChI is InChI=1S/C8H9N3OS/c1-11-6-3-2-5(12)4-7(6)13-8(11)10-9/h2-4,12H,9H2,1H3/b10-8-. The first kappa shape index (κ1) is 8.12. The van der Waals surface area contributed by atoms with Crippen LogP contribution < -0.4 is 10.6 Å². The first-order chi connectivity index (χ1) is 6.22. The van der Waals surface area contributed by atoms with Crippen LogP contribution in [0.5, 0.6) is 5.75 Å². The van der Waals surface area contributed by atoms with Gasteiger partial charge in [-0.25, -0.2) is 0 Å². The van der Waals surface area contributed by atoms with Crippen LogP contribution in [0.1, 0.15) is 0 Å². The predicted molar refractivity (Wildman–Crippen MR) is 52.2 cm³/mol. The van der Waals surface area contributed by atoms with Crippen molar-refractivity contribution in [3.05, 3.63) is 23.0 Å². The van der Waals surface area contributed by atoms with Gasteiger partial charge >= 0.3 is 0 Å². The molecule has 0 aliphatic heterocycles. The topological polar surface area (TPSA) is 63.5 Å². The van der Waals surface area contributed by atoms with E-state index in [1.54, 1.807) is 12.1 Å². The largest absolute Gasteiger partial charge is 0.508 e. The predicted octanol–water partition coefficient (Wildman–Crippen LogP) is 0.720. The van der Waals surface area contributed by atoms with Crippen LogP contribution in [0.2, 0.25) is 0 Å². The van der Waals surface area contributed by atoms with Crippen molar-refractivity contribution >= 4 is 21.6 Å². The summed E-state index contributed by atoms with van der Waals surface area (Å²) in [6, 6.07) is 5.19. The van der Waals surface area contributed by atoms with Crippen molar-refractivity contribution in [2.75, 3.05) is 0 Å². The Morgan fingerprint density at radius 2 is 2.31 bits per heavy atom. The summed E-state index contributed by atoms with van der Waals surface area (Å²) in [5.74, 6) is 5.47. The Morgan fingerprint density at radius 1 is 1.54 bits per heavy atom. The van der Waals surface area contributed by atoms with E-state index in [9.17, 15) is 5.11 Å². The highest BCUT2D eigenvalue weighted by molar-refractivity contribution is 7.16. The molecule has 1 aromatic carbocycles. The van der Waals surface area contributed by atoms with Crippen molar-refractivity contribution in [2.24, 2.45) is 18.0 Å². The molecule has 13 heavy (non-hydrogen) atoms. The summed E-state index contributed by atoms with van der Waals surface area (Å²) in [6.07, 6.45) is 0. The summed E-state index contributed by atoms with van der Waals surface area (Å²) >= 11 is 1.45. The van der Waals surface area contributed by atoms with Crippen molar-refractivity contribution in [3.63, 3.8) is 0 Å². The second-order valence-electron chi connectivity index (χ2n) is 2.72. The van der Waals surface area contributed by atoms with Gasteiger partial charge < -0.3 is 15.5 Å². The maximum absolute atomic E-state index is 9.24. The highest BCUT2D eigenvalue weighted by Crippen LogP contribution is 2.21. The van der Waals surface area contributed by atoms with Gasteiger partial charge in [-0.05, 0) is 18.2 Å². The normalized spacial score (nSPS) is 12.5. The average molecular weight is 195 g/mol. The number of aromatic nitrogens is 1. The van der Waals surface area contributed by atoms with Crippen LogP contribution in [0.4, 0.5) is 0 Å². The lowest BCUT2D eigenvalue weighted by molar-refractivity contribution is 0.476. The van der Waals surface area contributed by atoms with Crippen molar-refractivity contribution < 1.29 is 5.11 Å². The minimum absolute atomic E-state index is 0.262. The Labute approximate surface area is 78.5 Å². The molecule has 1 aromatic heterocycles. The SMILES string of the molecule is Cn1/c(=N/N)sc2cc(O)ccc21. The van der Waals surface area contributed by atoms with E-state index in [1.165, 1.54) is 11.3 Å². The smallest absolute Gasteiger partial charge is 0.208 e. The maximum Gasteiger partial charge on any atom is 0.208 e. The molecule has 3 N–H and O–H groups in total. The van der Waals surface area contributed by atoms with Gasteiger partial charge in [0.15, 0.2) is 0 Å². The number of hydrogen-bond donors (Lipinski definition) is 2. The minimum Gasteiger partial charge on any atom is -0.508 e. The van der Waals surface area contributed by atoms with Gasteiger partial charge in [-0.15, -0.1) is 0 Å². The molecule has 0 aliphatic rings. The van der Waals surface area contributed by atoms with Crippen molar-refractivity contribution in [1.29, 1.82) is 0 Å². The molecule has 2 rings (SSSR count). The van der Waals surface area contributed by atoms with Crippen molar-refractivity contribution in [2.45, 2.75) is 0 Å². The minimum atomic E-state index is 0.262. The maximum atomic E-state index is 9.24. The second kappa shape index (κ2) is 2.77. The number of aryl methyl sites for hydroxylation is 1. The molecule has 0 atom stereocenters. The van der Waals surface area contributed by atoms with Crippen LogP contribution in [0.3, 0.4) is 0 Å². The van der Waals surface area contributed by atoms with Crippen LogP contribution >= 0.6 is 11.3 Å². The highest BCUT2D eigenvalue weighted by atomic mass is 32.1. The van der Waals surface area contributed by atoms with Crippen LogP contribution in [0, 0.1) is 0 Å². The monoisotopic (exact) mass is 195 g/mol. The summed E-state index contributed by atoms with van der Waals surface area (Å²) in [6.45, 7) is 0. The molecule has 2 aromatic rings. The van der Waals surface area contributed by atoms with Crippen LogP contribution in [0.25, 0.3) is 10.2 Å². The Morgan fingerprint density at radius 3 is 3.00 bits per heavy atom. The van der Waals surface area contributed by atoms with Gasteiger partial charge in [0.25, 0.3) is 0 Å². The van der Waals surface area contributed by atoms with E-state index < -0.39 is 0 Å². The Hall–Kier alpha value is -1.49. The molecule has 0 aliphatic carbocycles. The second-order valence-corrected chi connectivity index (χ2v) is 3.73. The van der Waals surface area contributed by atoms with Gasteiger partial charge in [0.1, 0.15) is 5.75 Å². The fraction of sp³-hybridized carbons (Fsp3) is 0.125. The number of thiazole rings is 1. The summed E-state index contributed by atoms with van der Waals surface area (Å²) in [7, 11) is 1.89. The number of aromatic hydroxyl groups is 1. The molecule has 4 nitrogen and oxygen atoms in total. The van der Waals surface area contributed by atoms with Gasteiger partial charge in [-0.2, -0.15) is 5.10 Å². The fourth-order valence-corrected chi connectivity index (χ4v) is 2.22. The third-order valence-electron chi connectivity index (χ3n) is 1.90. The van der Waals surface area contributed by atoms with E-state index in [-0.39, 0.29) is 5.75 Å². The van der Waals surface area contributed by atoms with E-state index in [4.69, 9.17) is 5.84 Å². The van der Waals surface area contributed by atoms with Crippen molar-refractivity contribution in [1.82, 2.24) is 4.57 Å². The number of hydrogen-bond acceptors (Lipinski definition) is 4. The molecule has 0 amide bonds. The molecule has 0 fully saturated rings. The number of rotatable bonds is 0. The molecule has 0 spiro atoms.